The van der Waals surface area contributed by atoms with Crippen LogP contribution in [0.4, 0.5) is 5.69 Å². The second kappa shape index (κ2) is 10.3. The summed E-state index contributed by atoms with van der Waals surface area (Å²) in [5.74, 6) is 1.03. The minimum atomic E-state index is -0.556. The van der Waals surface area contributed by atoms with E-state index in [1.165, 1.54) is 0 Å². The van der Waals surface area contributed by atoms with E-state index in [9.17, 15) is 9.59 Å². The number of rotatable bonds is 6. The van der Waals surface area contributed by atoms with Gasteiger partial charge in [-0.3, -0.25) is 9.59 Å². The van der Waals surface area contributed by atoms with E-state index in [1.807, 2.05) is 17.8 Å². The first-order chi connectivity index (χ1) is 15.9. The second-order valence-electron chi connectivity index (χ2n) is 7.90. The molecule has 9 heteroatoms. The molecule has 1 unspecified atom stereocenters. The van der Waals surface area contributed by atoms with Crippen LogP contribution in [0.3, 0.4) is 0 Å². The van der Waals surface area contributed by atoms with Crippen LogP contribution in [-0.2, 0) is 18.4 Å². The lowest BCUT2D eigenvalue weighted by Gasteiger charge is -2.34. The number of piperidine rings is 1. The summed E-state index contributed by atoms with van der Waals surface area (Å²) in [6, 6.07) is 11.3. The van der Waals surface area contributed by atoms with Crippen molar-refractivity contribution in [2.75, 3.05) is 11.9 Å². The zero-order valence-corrected chi connectivity index (χ0v) is 19.6. The molecule has 0 aliphatic carbocycles. The van der Waals surface area contributed by atoms with E-state index in [0.717, 1.165) is 18.7 Å². The maximum absolute atomic E-state index is 13.2. The topological polar surface area (TPSA) is 76.5 Å². The number of nitrogens with one attached hydrogen (secondary N) is 1. The first kappa shape index (κ1) is 23.1. The van der Waals surface area contributed by atoms with Gasteiger partial charge >= 0.3 is 0 Å². The van der Waals surface area contributed by atoms with Gasteiger partial charge in [0.15, 0.2) is 0 Å². The molecule has 1 aliphatic rings. The van der Waals surface area contributed by atoms with E-state index < -0.39 is 6.04 Å². The Bertz CT molecular complexity index is 1150. The standard InChI is InChI=1S/C24H24Cl2N4O3/c1-29-13-11-27-22(29)15-33-18-8-5-16(6-9-18)24(32)30-12-3-2-4-21(30)23(31)28-17-7-10-19(25)20(26)14-17/h5-11,13-14,21H,2-4,12,15H2,1H3,(H,28,31). The van der Waals surface area contributed by atoms with Crippen LogP contribution in [0.15, 0.2) is 54.9 Å². The summed E-state index contributed by atoms with van der Waals surface area (Å²) in [6.45, 7) is 0.857. The Morgan fingerprint density at radius 2 is 1.91 bits per heavy atom. The number of nitrogens with zero attached hydrogens (tertiary/aromatic N) is 3. The SMILES string of the molecule is Cn1ccnc1COc1ccc(C(=O)N2CCCCC2C(=O)Nc2ccc(Cl)c(Cl)c2)cc1. The van der Waals surface area contributed by atoms with E-state index >= 15 is 0 Å². The lowest BCUT2D eigenvalue weighted by Crippen LogP contribution is -2.50. The molecular formula is C24H24Cl2N4O3. The summed E-state index contributed by atoms with van der Waals surface area (Å²) in [5.41, 5.74) is 1.05. The van der Waals surface area contributed by atoms with Gasteiger partial charge in [0.25, 0.3) is 5.91 Å². The van der Waals surface area contributed by atoms with Crippen LogP contribution in [0.25, 0.3) is 0 Å². The maximum atomic E-state index is 13.2. The van der Waals surface area contributed by atoms with Crippen LogP contribution in [0.1, 0.15) is 35.4 Å². The van der Waals surface area contributed by atoms with E-state index in [2.05, 4.69) is 10.3 Å². The third-order valence-electron chi connectivity index (χ3n) is 5.64. The molecular weight excluding hydrogens is 463 g/mol. The Hall–Kier alpha value is -3.03. The molecule has 1 aromatic heterocycles. The number of benzene rings is 2. The van der Waals surface area contributed by atoms with Gasteiger partial charge < -0.3 is 19.5 Å². The van der Waals surface area contributed by atoms with Gasteiger partial charge in [-0.2, -0.15) is 0 Å². The first-order valence-corrected chi connectivity index (χ1v) is 11.4. The molecule has 4 rings (SSSR count). The molecule has 0 radical (unpaired) electrons. The highest BCUT2D eigenvalue weighted by atomic mass is 35.5. The molecule has 1 fully saturated rings. The molecule has 1 atom stereocenters. The number of aryl methyl sites for hydroxylation is 1. The molecule has 1 saturated heterocycles. The predicted molar refractivity (Wildman–Crippen MR) is 128 cm³/mol. The first-order valence-electron chi connectivity index (χ1n) is 10.7. The molecule has 1 N–H and O–H groups in total. The van der Waals surface area contributed by atoms with Gasteiger partial charge in [0.1, 0.15) is 24.2 Å². The number of carbonyl (C=O) groups excluding carboxylic acids is 2. The van der Waals surface area contributed by atoms with Crippen LogP contribution in [0.5, 0.6) is 5.75 Å². The number of hydrogen-bond acceptors (Lipinski definition) is 4. The number of aromatic nitrogens is 2. The molecule has 7 nitrogen and oxygen atoms in total. The Balaban J connectivity index is 1.42. The average molecular weight is 487 g/mol. The van der Waals surface area contributed by atoms with Gasteiger partial charge in [-0.25, -0.2) is 4.98 Å². The van der Waals surface area contributed by atoms with Crippen molar-refractivity contribution in [3.05, 3.63) is 76.3 Å². The van der Waals surface area contributed by atoms with Gasteiger partial charge in [-0.1, -0.05) is 23.2 Å². The minimum absolute atomic E-state index is 0.181. The quantitative estimate of drug-likeness (QED) is 0.535. The van der Waals surface area contributed by atoms with Gasteiger partial charge in [0, 0.05) is 37.2 Å². The third-order valence-corrected chi connectivity index (χ3v) is 6.38. The van der Waals surface area contributed by atoms with Crippen LogP contribution >= 0.6 is 23.2 Å². The zero-order chi connectivity index (χ0) is 23.4. The second-order valence-corrected chi connectivity index (χ2v) is 8.71. The minimum Gasteiger partial charge on any atom is -0.486 e. The Morgan fingerprint density at radius 3 is 2.61 bits per heavy atom. The molecule has 1 aliphatic heterocycles. The van der Waals surface area contributed by atoms with Crippen LogP contribution < -0.4 is 10.1 Å². The molecule has 3 aromatic rings. The Kier molecular flexibility index (Phi) is 7.20. The lowest BCUT2D eigenvalue weighted by molar-refractivity contribution is -0.121. The van der Waals surface area contributed by atoms with Gasteiger partial charge in [-0.05, 0) is 61.7 Å². The van der Waals surface area contributed by atoms with E-state index in [1.54, 1.807) is 53.6 Å². The van der Waals surface area contributed by atoms with Gasteiger partial charge in [0.2, 0.25) is 5.91 Å². The molecule has 0 spiro atoms. The summed E-state index contributed by atoms with van der Waals surface area (Å²) < 4.78 is 7.65. The molecule has 2 amide bonds. The van der Waals surface area contributed by atoms with E-state index in [0.29, 0.717) is 46.6 Å². The summed E-state index contributed by atoms with van der Waals surface area (Å²) in [7, 11) is 1.90. The number of ether oxygens (including phenoxy) is 1. The molecule has 2 aromatic carbocycles. The zero-order valence-electron chi connectivity index (χ0n) is 18.1. The predicted octanol–water partition coefficient (Wildman–Crippen LogP) is 4.94. The van der Waals surface area contributed by atoms with Crippen molar-refractivity contribution in [3.63, 3.8) is 0 Å². The summed E-state index contributed by atoms with van der Waals surface area (Å²) >= 11 is 12.0. The number of anilines is 1. The van der Waals surface area contributed by atoms with Crippen LogP contribution in [0.2, 0.25) is 10.0 Å². The van der Waals surface area contributed by atoms with Crippen molar-refractivity contribution in [3.8, 4) is 5.75 Å². The molecule has 33 heavy (non-hydrogen) atoms. The number of carbonyl (C=O) groups is 2. The summed E-state index contributed by atoms with van der Waals surface area (Å²) in [4.78, 5) is 32.1. The Labute approximate surface area is 202 Å². The van der Waals surface area contributed by atoms with Gasteiger partial charge in [-0.15, -0.1) is 0 Å². The fourth-order valence-corrected chi connectivity index (χ4v) is 4.09. The lowest BCUT2D eigenvalue weighted by atomic mass is 9.99. The maximum Gasteiger partial charge on any atom is 0.254 e. The summed E-state index contributed by atoms with van der Waals surface area (Å²) in [6.07, 6.45) is 5.90. The van der Waals surface area contributed by atoms with Crippen LogP contribution in [0, 0.1) is 0 Å². The normalized spacial score (nSPS) is 15.8. The number of halogens is 2. The van der Waals surface area contributed by atoms with Crippen molar-refractivity contribution < 1.29 is 14.3 Å². The highest BCUT2D eigenvalue weighted by Gasteiger charge is 2.32. The van der Waals surface area contributed by atoms with Crippen LogP contribution in [-0.4, -0.2) is 38.9 Å². The molecule has 0 saturated carbocycles. The third kappa shape index (κ3) is 5.49. The van der Waals surface area contributed by atoms with Gasteiger partial charge in [0.05, 0.1) is 10.0 Å². The molecule has 0 bridgehead atoms. The highest BCUT2D eigenvalue weighted by Crippen LogP contribution is 2.27. The Morgan fingerprint density at radius 1 is 1.12 bits per heavy atom. The molecule has 2 heterocycles. The monoisotopic (exact) mass is 486 g/mol. The number of likely N-dealkylation sites (tertiary alicyclic amines) is 1. The fraction of sp³-hybridized carbons (Fsp3) is 0.292. The van der Waals surface area contributed by atoms with Crippen molar-refractivity contribution >= 4 is 40.7 Å². The van der Waals surface area contributed by atoms with Crippen molar-refractivity contribution in [1.29, 1.82) is 0 Å². The largest absolute Gasteiger partial charge is 0.486 e. The smallest absolute Gasteiger partial charge is 0.254 e. The number of hydrogen-bond donors (Lipinski definition) is 1. The average Bonchev–Trinajstić information content (AvgIpc) is 3.24. The molecule has 172 valence electrons. The van der Waals surface area contributed by atoms with E-state index in [-0.39, 0.29) is 11.8 Å². The van der Waals surface area contributed by atoms with Crippen molar-refractivity contribution in [2.24, 2.45) is 7.05 Å². The summed E-state index contributed by atoms with van der Waals surface area (Å²) in [5, 5.41) is 3.63. The number of amides is 2. The number of imidazole rings is 1. The van der Waals surface area contributed by atoms with E-state index in [4.69, 9.17) is 27.9 Å². The highest BCUT2D eigenvalue weighted by molar-refractivity contribution is 6.42. The van der Waals surface area contributed by atoms with Crippen molar-refractivity contribution in [2.45, 2.75) is 31.9 Å². The van der Waals surface area contributed by atoms with Crippen molar-refractivity contribution in [1.82, 2.24) is 14.5 Å². The fourth-order valence-electron chi connectivity index (χ4n) is 3.79.